The predicted octanol–water partition coefficient (Wildman–Crippen LogP) is 1.96. The fraction of sp³-hybridized carbons (Fsp3) is 0.643. The van der Waals surface area contributed by atoms with Gasteiger partial charge in [-0.15, -0.1) is 0 Å². The van der Waals surface area contributed by atoms with Crippen molar-refractivity contribution in [2.24, 2.45) is 11.8 Å². The van der Waals surface area contributed by atoms with Gasteiger partial charge in [0, 0.05) is 37.5 Å². The fourth-order valence-electron chi connectivity index (χ4n) is 2.59. The summed E-state index contributed by atoms with van der Waals surface area (Å²) in [5.74, 6) is 1.12. The molecule has 2 unspecified atom stereocenters. The molecule has 1 aromatic heterocycles. The van der Waals surface area contributed by atoms with Crippen molar-refractivity contribution in [1.82, 2.24) is 15.3 Å². The minimum atomic E-state index is 0.213. The second kappa shape index (κ2) is 6.47. The Hall–Kier alpha value is -1.45. The van der Waals surface area contributed by atoms with E-state index in [0.29, 0.717) is 12.5 Å². The zero-order valence-corrected chi connectivity index (χ0v) is 10.9. The van der Waals surface area contributed by atoms with E-state index in [-0.39, 0.29) is 11.8 Å². The van der Waals surface area contributed by atoms with Crippen molar-refractivity contribution in [2.45, 2.75) is 39.0 Å². The van der Waals surface area contributed by atoms with Gasteiger partial charge in [0.25, 0.3) is 0 Å². The molecule has 0 radical (unpaired) electrons. The highest BCUT2D eigenvalue weighted by atomic mass is 16.1. The van der Waals surface area contributed by atoms with Crippen molar-refractivity contribution in [2.75, 3.05) is 6.54 Å². The SMILES string of the molecule is CC1CCCC(C(=O)NCCc2cnccn2)C1. The summed E-state index contributed by atoms with van der Waals surface area (Å²) in [4.78, 5) is 20.2. The maximum Gasteiger partial charge on any atom is 0.223 e. The summed E-state index contributed by atoms with van der Waals surface area (Å²) in [5.41, 5.74) is 0.926. The lowest BCUT2D eigenvalue weighted by atomic mass is 9.82. The molecule has 2 atom stereocenters. The Balaban J connectivity index is 1.71. The van der Waals surface area contributed by atoms with E-state index in [9.17, 15) is 4.79 Å². The fourth-order valence-corrected chi connectivity index (χ4v) is 2.59. The van der Waals surface area contributed by atoms with Gasteiger partial charge >= 0.3 is 0 Å². The molecule has 1 aromatic rings. The Bertz CT molecular complexity index is 380. The maximum atomic E-state index is 12.0. The smallest absolute Gasteiger partial charge is 0.223 e. The molecule has 1 aliphatic carbocycles. The summed E-state index contributed by atoms with van der Waals surface area (Å²) in [5, 5.41) is 3.01. The number of carbonyl (C=O) groups excluding carboxylic acids is 1. The number of aromatic nitrogens is 2. The van der Waals surface area contributed by atoms with E-state index in [1.54, 1.807) is 18.6 Å². The maximum absolute atomic E-state index is 12.0. The Labute approximate surface area is 108 Å². The average molecular weight is 247 g/mol. The molecule has 0 spiro atoms. The summed E-state index contributed by atoms with van der Waals surface area (Å²) < 4.78 is 0. The number of rotatable bonds is 4. The van der Waals surface area contributed by atoms with Crippen LogP contribution in [-0.2, 0) is 11.2 Å². The van der Waals surface area contributed by atoms with Crippen LogP contribution >= 0.6 is 0 Å². The molecule has 0 aromatic carbocycles. The van der Waals surface area contributed by atoms with E-state index in [1.807, 2.05) is 0 Å². The van der Waals surface area contributed by atoms with E-state index in [4.69, 9.17) is 0 Å². The zero-order valence-electron chi connectivity index (χ0n) is 10.9. The number of amides is 1. The molecular weight excluding hydrogens is 226 g/mol. The van der Waals surface area contributed by atoms with Gasteiger partial charge in [-0.25, -0.2) is 0 Å². The van der Waals surface area contributed by atoms with Gasteiger partial charge < -0.3 is 5.32 Å². The molecule has 98 valence electrons. The third-order valence-electron chi connectivity index (χ3n) is 3.60. The Kier molecular flexibility index (Phi) is 4.67. The van der Waals surface area contributed by atoms with Gasteiger partial charge in [-0.2, -0.15) is 0 Å². The molecule has 1 N–H and O–H groups in total. The second-order valence-electron chi connectivity index (χ2n) is 5.21. The first-order valence-electron chi connectivity index (χ1n) is 6.78. The zero-order chi connectivity index (χ0) is 12.8. The largest absolute Gasteiger partial charge is 0.355 e. The normalized spacial score (nSPS) is 23.6. The van der Waals surface area contributed by atoms with Crippen molar-refractivity contribution in [3.05, 3.63) is 24.3 Å². The molecule has 0 saturated heterocycles. The van der Waals surface area contributed by atoms with Crippen LogP contribution in [0.15, 0.2) is 18.6 Å². The van der Waals surface area contributed by atoms with E-state index >= 15 is 0 Å². The number of hydrogen-bond donors (Lipinski definition) is 1. The summed E-state index contributed by atoms with van der Waals surface area (Å²) >= 11 is 0. The van der Waals surface area contributed by atoms with Crippen LogP contribution in [0.25, 0.3) is 0 Å². The summed E-state index contributed by atoms with van der Waals surface area (Å²) in [6, 6.07) is 0. The third-order valence-corrected chi connectivity index (χ3v) is 3.60. The molecule has 0 aliphatic heterocycles. The molecule has 4 nitrogen and oxygen atoms in total. The second-order valence-corrected chi connectivity index (χ2v) is 5.21. The minimum absolute atomic E-state index is 0.213. The van der Waals surface area contributed by atoms with Crippen LogP contribution in [-0.4, -0.2) is 22.4 Å². The lowest BCUT2D eigenvalue weighted by Crippen LogP contribution is -2.34. The van der Waals surface area contributed by atoms with Gasteiger partial charge in [-0.05, 0) is 18.8 Å². The molecule has 2 rings (SSSR count). The molecule has 1 amide bonds. The van der Waals surface area contributed by atoms with E-state index in [0.717, 1.165) is 25.0 Å². The first kappa shape index (κ1) is 13.0. The van der Waals surface area contributed by atoms with Gasteiger partial charge in [0.15, 0.2) is 0 Å². The van der Waals surface area contributed by atoms with E-state index in [2.05, 4.69) is 22.2 Å². The summed E-state index contributed by atoms with van der Waals surface area (Å²) in [6.07, 6.45) is 10.4. The third kappa shape index (κ3) is 3.79. The van der Waals surface area contributed by atoms with Crippen molar-refractivity contribution < 1.29 is 4.79 Å². The molecule has 1 aliphatic rings. The van der Waals surface area contributed by atoms with Gasteiger partial charge in [0.05, 0.1) is 5.69 Å². The highest BCUT2D eigenvalue weighted by Crippen LogP contribution is 2.28. The Morgan fingerprint density at radius 2 is 2.33 bits per heavy atom. The average Bonchev–Trinajstić information content (AvgIpc) is 2.40. The van der Waals surface area contributed by atoms with Gasteiger partial charge in [-0.1, -0.05) is 19.8 Å². The quantitative estimate of drug-likeness (QED) is 0.885. The molecule has 1 saturated carbocycles. The van der Waals surface area contributed by atoms with E-state index < -0.39 is 0 Å². The van der Waals surface area contributed by atoms with Crippen molar-refractivity contribution in [1.29, 1.82) is 0 Å². The lowest BCUT2D eigenvalue weighted by Gasteiger charge is -2.25. The molecular formula is C14H21N3O. The van der Waals surface area contributed by atoms with Crippen molar-refractivity contribution in [3.8, 4) is 0 Å². The van der Waals surface area contributed by atoms with Crippen LogP contribution in [0.4, 0.5) is 0 Å². The predicted molar refractivity (Wildman–Crippen MR) is 69.9 cm³/mol. The number of nitrogens with zero attached hydrogens (tertiary/aromatic N) is 2. The molecule has 1 fully saturated rings. The number of carbonyl (C=O) groups is 1. The summed E-state index contributed by atoms with van der Waals surface area (Å²) in [6.45, 7) is 2.89. The van der Waals surface area contributed by atoms with E-state index in [1.165, 1.54) is 12.8 Å². The highest BCUT2D eigenvalue weighted by molar-refractivity contribution is 5.78. The minimum Gasteiger partial charge on any atom is -0.355 e. The van der Waals surface area contributed by atoms with Crippen LogP contribution in [0.3, 0.4) is 0 Å². The lowest BCUT2D eigenvalue weighted by molar-refractivity contribution is -0.126. The van der Waals surface area contributed by atoms with Gasteiger partial charge in [0.2, 0.25) is 5.91 Å². The highest BCUT2D eigenvalue weighted by Gasteiger charge is 2.24. The summed E-state index contributed by atoms with van der Waals surface area (Å²) in [7, 11) is 0. The van der Waals surface area contributed by atoms with Gasteiger partial charge in [-0.3, -0.25) is 14.8 Å². The molecule has 1 heterocycles. The topological polar surface area (TPSA) is 54.9 Å². The van der Waals surface area contributed by atoms with Crippen LogP contribution in [0.2, 0.25) is 0 Å². The molecule has 18 heavy (non-hydrogen) atoms. The molecule has 4 heteroatoms. The van der Waals surface area contributed by atoms with Gasteiger partial charge in [0.1, 0.15) is 0 Å². The number of hydrogen-bond acceptors (Lipinski definition) is 3. The van der Waals surface area contributed by atoms with Crippen LogP contribution in [0.1, 0.15) is 38.3 Å². The first-order valence-corrected chi connectivity index (χ1v) is 6.78. The Morgan fingerprint density at radius 1 is 1.44 bits per heavy atom. The van der Waals surface area contributed by atoms with Crippen LogP contribution < -0.4 is 5.32 Å². The monoisotopic (exact) mass is 247 g/mol. The van der Waals surface area contributed by atoms with Crippen LogP contribution in [0, 0.1) is 11.8 Å². The Morgan fingerprint density at radius 3 is 3.06 bits per heavy atom. The van der Waals surface area contributed by atoms with Crippen molar-refractivity contribution in [3.63, 3.8) is 0 Å². The number of nitrogens with one attached hydrogen (secondary N) is 1. The van der Waals surface area contributed by atoms with Crippen molar-refractivity contribution >= 4 is 5.91 Å². The van der Waals surface area contributed by atoms with Crippen LogP contribution in [0.5, 0.6) is 0 Å². The first-order chi connectivity index (χ1) is 8.75. The molecule has 0 bridgehead atoms. The standard InChI is InChI=1S/C14H21N3O/c1-11-3-2-4-12(9-11)14(18)17-6-5-13-10-15-7-8-16-13/h7-8,10-12H,2-6,9H2,1H3,(H,17,18).